The lowest BCUT2D eigenvalue weighted by molar-refractivity contribution is 0.102. The van der Waals surface area contributed by atoms with E-state index in [9.17, 15) is 4.79 Å². The molecular formula is C9H10ClNO. The summed E-state index contributed by atoms with van der Waals surface area (Å²) in [5.74, 6) is -0.137. The first-order chi connectivity index (χ1) is 5.66. The predicted molar refractivity (Wildman–Crippen MR) is 50.6 cm³/mol. The Morgan fingerprint density at radius 1 is 1.58 bits per heavy atom. The molecule has 0 bridgehead atoms. The SMILES string of the molecule is Cc1cccc(N)c1C(=O)CCl. The molecule has 1 aromatic carbocycles. The second-order valence-corrected chi connectivity index (χ2v) is 2.86. The summed E-state index contributed by atoms with van der Waals surface area (Å²) in [7, 11) is 0. The van der Waals surface area contributed by atoms with Gasteiger partial charge in [0.1, 0.15) is 0 Å². The summed E-state index contributed by atoms with van der Waals surface area (Å²) in [6.45, 7) is 1.84. The minimum atomic E-state index is -0.118. The van der Waals surface area contributed by atoms with Crippen LogP contribution in [0.3, 0.4) is 0 Å². The minimum Gasteiger partial charge on any atom is -0.398 e. The van der Waals surface area contributed by atoms with Gasteiger partial charge in [0.2, 0.25) is 0 Å². The molecule has 0 saturated heterocycles. The molecule has 0 aliphatic heterocycles. The number of nitrogen functional groups attached to an aromatic ring is 1. The maximum Gasteiger partial charge on any atom is 0.179 e. The van der Waals surface area contributed by atoms with Crippen molar-refractivity contribution in [1.29, 1.82) is 0 Å². The maximum atomic E-state index is 11.2. The van der Waals surface area contributed by atoms with Gasteiger partial charge >= 0.3 is 0 Å². The van der Waals surface area contributed by atoms with Gasteiger partial charge in [-0.1, -0.05) is 12.1 Å². The highest BCUT2D eigenvalue weighted by molar-refractivity contribution is 6.31. The molecule has 0 atom stereocenters. The van der Waals surface area contributed by atoms with Crippen LogP contribution in [0.2, 0.25) is 0 Å². The molecule has 0 aliphatic carbocycles. The van der Waals surface area contributed by atoms with E-state index in [1.54, 1.807) is 6.07 Å². The molecule has 3 heteroatoms. The number of carbonyl (C=O) groups is 1. The number of anilines is 1. The van der Waals surface area contributed by atoms with E-state index in [-0.39, 0.29) is 11.7 Å². The minimum absolute atomic E-state index is 0.0188. The fraction of sp³-hybridized carbons (Fsp3) is 0.222. The Labute approximate surface area is 76.3 Å². The van der Waals surface area contributed by atoms with E-state index in [1.165, 1.54) is 0 Å². The third-order valence-electron chi connectivity index (χ3n) is 1.71. The highest BCUT2D eigenvalue weighted by Gasteiger charge is 2.10. The number of carbonyl (C=O) groups excluding carboxylic acids is 1. The molecule has 0 amide bonds. The van der Waals surface area contributed by atoms with Crippen LogP contribution in [0.1, 0.15) is 15.9 Å². The summed E-state index contributed by atoms with van der Waals surface area (Å²) in [6, 6.07) is 5.36. The Morgan fingerprint density at radius 3 is 2.75 bits per heavy atom. The normalized spacial score (nSPS) is 9.83. The molecule has 64 valence electrons. The first-order valence-electron chi connectivity index (χ1n) is 3.61. The number of alkyl halides is 1. The Kier molecular flexibility index (Phi) is 2.71. The number of benzene rings is 1. The number of Topliss-reactive ketones (excluding diaryl/α,β-unsaturated/α-hetero) is 1. The van der Waals surface area contributed by atoms with Crippen molar-refractivity contribution >= 4 is 23.1 Å². The van der Waals surface area contributed by atoms with Gasteiger partial charge in [-0.15, -0.1) is 11.6 Å². The summed E-state index contributed by atoms with van der Waals surface area (Å²) >= 11 is 5.43. The summed E-state index contributed by atoms with van der Waals surface area (Å²) in [6.07, 6.45) is 0. The fourth-order valence-corrected chi connectivity index (χ4v) is 1.27. The summed E-state index contributed by atoms with van der Waals surface area (Å²) in [4.78, 5) is 11.2. The van der Waals surface area contributed by atoms with Crippen LogP contribution < -0.4 is 5.73 Å². The third-order valence-corrected chi connectivity index (χ3v) is 1.95. The van der Waals surface area contributed by atoms with Crippen molar-refractivity contribution in [2.24, 2.45) is 0 Å². The standard InChI is InChI=1S/C9H10ClNO/c1-6-3-2-4-7(11)9(6)8(12)5-10/h2-4H,5,11H2,1H3. The van der Waals surface area contributed by atoms with Crippen LogP contribution in [0.4, 0.5) is 5.69 Å². The lowest BCUT2D eigenvalue weighted by atomic mass is 10.0. The Balaban J connectivity index is 3.21. The van der Waals surface area contributed by atoms with E-state index in [0.717, 1.165) is 5.56 Å². The number of aryl methyl sites for hydroxylation is 1. The smallest absolute Gasteiger partial charge is 0.179 e. The predicted octanol–water partition coefficient (Wildman–Crippen LogP) is 2.00. The lowest BCUT2D eigenvalue weighted by Crippen LogP contribution is -2.06. The van der Waals surface area contributed by atoms with Crippen molar-refractivity contribution in [3.8, 4) is 0 Å². The number of halogens is 1. The molecule has 2 nitrogen and oxygen atoms in total. The van der Waals surface area contributed by atoms with Crippen LogP contribution in [0.25, 0.3) is 0 Å². The van der Waals surface area contributed by atoms with E-state index in [4.69, 9.17) is 17.3 Å². The molecule has 12 heavy (non-hydrogen) atoms. The third kappa shape index (κ3) is 1.59. The van der Waals surface area contributed by atoms with Gasteiger partial charge in [-0.25, -0.2) is 0 Å². The average Bonchev–Trinajstić information content (AvgIpc) is 2.03. The van der Waals surface area contributed by atoms with Crippen LogP contribution in [-0.2, 0) is 0 Å². The van der Waals surface area contributed by atoms with Crippen LogP contribution >= 0.6 is 11.6 Å². The molecule has 1 rings (SSSR count). The van der Waals surface area contributed by atoms with E-state index >= 15 is 0 Å². The zero-order valence-electron chi connectivity index (χ0n) is 6.80. The average molecular weight is 184 g/mol. The van der Waals surface area contributed by atoms with Crippen LogP contribution in [0, 0.1) is 6.92 Å². The number of ketones is 1. The number of hydrogen-bond donors (Lipinski definition) is 1. The first-order valence-corrected chi connectivity index (χ1v) is 4.14. The molecule has 0 radical (unpaired) electrons. The number of rotatable bonds is 2. The Morgan fingerprint density at radius 2 is 2.25 bits per heavy atom. The van der Waals surface area contributed by atoms with Crippen molar-refractivity contribution < 1.29 is 4.79 Å². The van der Waals surface area contributed by atoms with E-state index in [2.05, 4.69) is 0 Å². The van der Waals surface area contributed by atoms with E-state index < -0.39 is 0 Å². The Bertz CT molecular complexity index is 289. The largest absolute Gasteiger partial charge is 0.398 e. The molecule has 0 spiro atoms. The van der Waals surface area contributed by atoms with Gasteiger partial charge in [-0.05, 0) is 18.6 Å². The van der Waals surface area contributed by atoms with Gasteiger partial charge in [0.15, 0.2) is 5.78 Å². The molecule has 0 unspecified atom stereocenters. The zero-order valence-corrected chi connectivity index (χ0v) is 7.56. The van der Waals surface area contributed by atoms with Gasteiger partial charge < -0.3 is 5.73 Å². The molecule has 0 fully saturated rings. The van der Waals surface area contributed by atoms with Gasteiger partial charge in [0, 0.05) is 11.3 Å². The number of nitrogens with two attached hydrogens (primary N) is 1. The van der Waals surface area contributed by atoms with Gasteiger partial charge in [0.25, 0.3) is 0 Å². The van der Waals surface area contributed by atoms with Crippen LogP contribution in [0.5, 0.6) is 0 Å². The van der Waals surface area contributed by atoms with Crippen molar-refractivity contribution in [1.82, 2.24) is 0 Å². The van der Waals surface area contributed by atoms with Gasteiger partial charge in [-0.2, -0.15) is 0 Å². The molecular weight excluding hydrogens is 174 g/mol. The summed E-state index contributed by atoms with van der Waals surface area (Å²) in [5, 5.41) is 0. The van der Waals surface area contributed by atoms with E-state index in [1.807, 2.05) is 19.1 Å². The molecule has 0 heterocycles. The quantitative estimate of drug-likeness (QED) is 0.433. The number of hydrogen-bond acceptors (Lipinski definition) is 2. The fourth-order valence-electron chi connectivity index (χ4n) is 1.14. The van der Waals surface area contributed by atoms with Crippen LogP contribution in [0.15, 0.2) is 18.2 Å². The highest BCUT2D eigenvalue weighted by Crippen LogP contribution is 2.16. The van der Waals surface area contributed by atoms with Crippen molar-refractivity contribution in [3.63, 3.8) is 0 Å². The second kappa shape index (κ2) is 3.59. The van der Waals surface area contributed by atoms with E-state index in [0.29, 0.717) is 11.3 Å². The van der Waals surface area contributed by atoms with Gasteiger partial charge in [0.05, 0.1) is 5.88 Å². The van der Waals surface area contributed by atoms with Crippen molar-refractivity contribution in [2.75, 3.05) is 11.6 Å². The summed E-state index contributed by atoms with van der Waals surface area (Å²) < 4.78 is 0. The molecule has 0 aliphatic rings. The molecule has 1 aromatic rings. The Hall–Kier alpha value is -1.02. The van der Waals surface area contributed by atoms with Crippen molar-refractivity contribution in [3.05, 3.63) is 29.3 Å². The first kappa shape index (κ1) is 9.07. The zero-order chi connectivity index (χ0) is 9.14. The highest BCUT2D eigenvalue weighted by atomic mass is 35.5. The summed E-state index contributed by atoms with van der Waals surface area (Å²) in [5.41, 5.74) is 7.54. The topological polar surface area (TPSA) is 43.1 Å². The second-order valence-electron chi connectivity index (χ2n) is 2.60. The molecule has 0 saturated carbocycles. The lowest BCUT2D eigenvalue weighted by Gasteiger charge is -2.05. The monoisotopic (exact) mass is 183 g/mol. The molecule has 2 N–H and O–H groups in total. The maximum absolute atomic E-state index is 11.2. The van der Waals surface area contributed by atoms with Crippen molar-refractivity contribution in [2.45, 2.75) is 6.92 Å². The molecule has 0 aromatic heterocycles. The van der Waals surface area contributed by atoms with Gasteiger partial charge in [-0.3, -0.25) is 4.79 Å². The van der Waals surface area contributed by atoms with Crippen LogP contribution in [-0.4, -0.2) is 11.7 Å².